The van der Waals surface area contributed by atoms with E-state index in [9.17, 15) is 0 Å². The number of allylic oxidation sites excluding steroid dienone is 1. The maximum Gasteiger partial charge on any atom is 0.0125 e. The maximum atomic E-state index is 3.14. The van der Waals surface area contributed by atoms with Crippen LogP contribution in [0.15, 0.2) is 17.2 Å². The van der Waals surface area contributed by atoms with Crippen molar-refractivity contribution >= 4 is 11.8 Å². The Bertz CT molecular complexity index is 109. The van der Waals surface area contributed by atoms with Gasteiger partial charge in [-0.2, -0.15) is 0 Å². The van der Waals surface area contributed by atoms with Crippen molar-refractivity contribution in [3.05, 3.63) is 17.2 Å². The van der Waals surface area contributed by atoms with Gasteiger partial charge >= 0.3 is 0 Å². The summed E-state index contributed by atoms with van der Waals surface area (Å²) in [5.74, 6) is 1.28. The highest BCUT2D eigenvalue weighted by Gasteiger charge is 1.88. The predicted molar refractivity (Wildman–Crippen MR) is 43.6 cm³/mol. The molecule has 1 rings (SSSR count). The van der Waals surface area contributed by atoms with Crippen molar-refractivity contribution in [2.45, 2.75) is 25.7 Å². The Balaban J connectivity index is 2.29. The summed E-state index contributed by atoms with van der Waals surface area (Å²) in [6.07, 6.45) is 7.46. The molecule has 0 aromatic carbocycles. The second-order valence-corrected chi connectivity index (χ2v) is 3.19. The predicted octanol–water partition coefficient (Wildman–Crippen LogP) is 2.96. The maximum absolute atomic E-state index is 3.14. The lowest BCUT2D eigenvalue weighted by atomic mass is 10.2. The van der Waals surface area contributed by atoms with Crippen molar-refractivity contribution in [2.24, 2.45) is 0 Å². The van der Waals surface area contributed by atoms with Gasteiger partial charge in [0.25, 0.3) is 0 Å². The molecule has 1 aliphatic rings. The van der Waals surface area contributed by atoms with Crippen molar-refractivity contribution in [1.82, 2.24) is 0 Å². The van der Waals surface area contributed by atoms with Crippen LogP contribution in [-0.2, 0) is 0 Å². The Morgan fingerprint density at radius 3 is 3.22 bits per heavy atom. The fraction of sp³-hybridized carbons (Fsp3) is 0.625. The van der Waals surface area contributed by atoms with Gasteiger partial charge in [0.05, 0.1) is 0 Å². The Kier molecular flexibility index (Phi) is 3.66. The van der Waals surface area contributed by atoms with E-state index in [-0.39, 0.29) is 0 Å². The molecule has 0 N–H and O–H groups in total. The van der Waals surface area contributed by atoms with E-state index in [1.807, 2.05) is 11.8 Å². The van der Waals surface area contributed by atoms with Gasteiger partial charge in [0, 0.05) is 5.41 Å². The number of rotatable bonds is 0. The van der Waals surface area contributed by atoms with Crippen LogP contribution in [0.1, 0.15) is 25.7 Å². The van der Waals surface area contributed by atoms with Crippen LogP contribution in [0.2, 0.25) is 0 Å². The summed E-state index contributed by atoms with van der Waals surface area (Å²) in [6, 6.07) is 0. The highest BCUT2D eigenvalue weighted by Crippen LogP contribution is 2.10. The van der Waals surface area contributed by atoms with E-state index < -0.39 is 0 Å². The highest BCUT2D eigenvalue weighted by molar-refractivity contribution is 8.02. The average Bonchev–Trinajstić information content (AvgIpc) is 2.00. The summed E-state index contributed by atoms with van der Waals surface area (Å²) in [4.78, 5) is 0. The minimum Gasteiger partial charge on any atom is -0.126 e. The smallest absolute Gasteiger partial charge is 0.0125 e. The molecule has 0 aliphatic carbocycles. The number of thioether (sulfide) groups is 1. The standard InChI is InChI=1S/C8H12S/c1-2-4-6-8-9-7-5-3-1/h3,7H,1-2,4,6,8H2. The first-order valence-electron chi connectivity index (χ1n) is 3.51. The Morgan fingerprint density at radius 2 is 2.22 bits per heavy atom. The van der Waals surface area contributed by atoms with Crippen LogP contribution in [0.5, 0.6) is 0 Å². The molecule has 1 heteroatoms. The van der Waals surface area contributed by atoms with Gasteiger partial charge in [0.2, 0.25) is 0 Å². The van der Waals surface area contributed by atoms with Crippen LogP contribution in [0.25, 0.3) is 0 Å². The topological polar surface area (TPSA) is 0 Å². The molecule has 0 unspecified atom stereocenters. The van der Waals surface area contributed by atoms with Crippen molar-refractivity contribution in [1.29, 1.82) is 0 Å². The highest BCUT2D eigenvalue weighted by atomic mass is 32.2. The van der Waals surface area contributed by atoms with Gasteiger partial charge in [-0.3, -0.25) is 0 Å². The monoisotopic (exact) mass is 140 g/mol. The lowest BCUT2D eigenvalue weighted by molar-refractivity contribution is 0.736. The molecule has 0 aromatic heterocycles. The zero-order chi connectivity index (χ0) is 6.36. The lowest BCUT2D eigenvalue weighted by Gasteiger charge is -1.92. The Morgan fingerprint density at radius 1 is 1.22 bits per heavy atom. The average molecular weight is 140 g/mol. The zero-order valence-electron chi connectivity index (χ0n) is 5.60. The van der Waals surface area contributed by atoms with Crippen molar-refractivity contribution < 1.29 is 0 Å². The van der Waals surface area contributed by atoms with E-state index in [4.69, 9.17) is 0 Å². The third kappa shape index (κ3) is 3.45. The quantitative estimate of drug-likeness (QED) is 0.466. The van der Waals surface area contributed by atoms with Crippen molar-refractivity contribution in [3.63, 3.8) is 0 Å². The molecule has 0 amide bonds. The molecule has 0 saturated carbocycles. The second-order valence-electron chi connectivity index (χ2n) is 2.21. The first kappa shape index (κ1) is 6.98. The van der Waals surface area contributed by atoms with Crippen molar-refractivity contribution in [2.75, 3.05) is 5.75 Å². The van der Waals surface area contributed by atoms with Gasteiger partial charge in [-0.1, -0.05) is 6.42 Å². The molecule has 0 fully saturated rings. The molecule has 0 atom stereocenters. The largest absolute Gasteiger partial charge is 0.126 e. The normalized spacial score (nSPS) is 20.4. The minimum absolute atomic E-state index is 1.22. The third-order valence-electron chi connectivity index (χ3n) is 1.38. The Hall–Kier alpha value is -0.130. The fourth-order valence-corrected chi connectivity index (χ4v) is 1.53. The van der Waals surface area contributed by atoms with Crippen LogP contribution < -0.4 is 0 Å². The molecule has 9 heavy (non-hydrogen) atoms. The summed E-state index contributed by atoms with van der Waals surface area (Å²) in [5, 5.41) is 2.07. The fourth-order valence-electron chi connectivity index (χ4n) is 0.847. The number of hydrogen-bond acceptors (Lipinski definition) is 1. The minimum atomic E-state index is 1.22. The SMILES string of the molecule is C1=CCCCCCSC=1. The van der Waals surface area contributed by atoms with Gasteiger partial charge in [-0.25, -0.2) is 0 Å². The molecule has 1 heterocycles. The molecule has 50 valence electrons. The summed E-state index contributed by atoms with van der Waals surface area (Å²) in [6.45, 7) is 0. The van der Waals surface area contributed by atoms with Crippen LogP contribution in [0.3, 0.4) is 0 Å². The van der Waals surface area contributed by atoms with Crippen LogP contribution in [0.4, 0.5) is 0 Å². The first-order chi connectivity index (χ1) is 4.50. The molecular weight excluding hydrogens is 128 g/mol. The van der Waals surface area contributed by atoms with E-state index in [2.05, 4.69) is 17.2 Å². The number of hydrogen-bond donors (Lipinski definition) is 0. The molecule has 0 aromatic rings. The molecule has 0 nitrogen and oxygen atoms in total. The molecular formula is C8H12S. The van der Waals surface area contributed by atoms with Gasteiger partial charge in [0.1, 0.15) is 0 Å². The van der Waals surface area contributed by atoms with Crippen molar-refractivity contribution in [3.8, 4) is 0 Å². The molecule has 0 spiro atoms. The van der Waals surface area contributed by atoms with Gasteiger partial charge in [-0.05, 0) is 31.1 Å². The van der Waals surface area contributed by atoms with Crippen LogP contribution >= 0.6 is 11.8 Å². The van der Waals surface area contributed by atoms with E-state index in [0.29, 0.717) is 0 Å². The molecule has 0 saturated heterocycles. The summed E-state index contributed by atoms with van der Waals surface area (Å²) < 4.78 is 0. The Labute approximate surface area is 61.0 Å². The van der Waals surface area contributed by atoms with E-state index in [0.717, 1.165) is 0 Å². The van der Waals surface area contributed by atoms with E-state index in [1.54, 1.807) is 0 Å². The zero-order valence-corrected chi connectivity index (χ0v) is 6.41. The summed E-state index contributed by atoms with van der Waals surface area (Å²) >= 11 is 1.88. The second kappa shape index (κ2) is 4.72. The van der Waals surface area contributed by atoms with Crippen LogP contribution in [-0.4, -0.2) is 5.75 Å². The van der Waals surface area contributed by atoms with E-state index in [1.165, 1.54) is 31.4 Å². The van der Waals surface area contributed by atoms with Gasteiger partial charge in [-0.15, -0.1) is 17.5 Å². The van der Waals surface area contributed by atoms with Gasteiger partial charge in [0.15, 0.2) is 0 Å². The van der Waals surface area contributed by atoms with Gasteiger partial charge < -0.3 is 0 Å². The lowest BCUT2D eigenvalue weighted by Crippen LogP contribution is -1.76. The van der Waals surface area contributed by atoms with E-state index >= 15 is 0 Å². The summed E-state index contributed by atoms with van der Waals surface area (Å²) in [7, 11) is 0. The first-order valence-corrected chi connectivity index (χ1v) is 4.56. The molecule has 0 radical (unpaired) electrons. The van der Waals surface area contributed by atoms with Crippen LogP contribution in [0, 0.1) is 0 Å². The summed E-state index contributed by atoms with van der Waals surface area (Å²) in [5.41, 5.74) is 3.14. The molecule has 1 aliphatic heterocycles. The molecule has 0 bridgehead atoms. The third-order valence-corrected chi connectivity index (χ3v) is 2.21.